The molecule has 2 fully saturated rings. The Hall–Kier alpha value is -4.12. The molecule has 0 radical (unpaired) electrons. The second-order valence-corrected chi connectivity index (χ2v) is 10.9. The zero-order chi connectivity index (χ0) is 27.5. The van der Waals surface area contributed by atoms with Gasteiger partial charge in [-0.2, -0.15) is 8.78 Å². The SMILES string of the molecule is O=C(O)[C@H]1[C@@H]2CC[C@H]1CN(c1ncc(-c3ccc4nc5c(n4c3)[C@@H](c3ccccc3OC(F)F)CC5O)cn1)C2. The molecule has 3 aromatic heterocycles. The molecule has 5 atom stereocenters. The maximum atomic E-state index is 13.1. The number of imidazole rings is 1. The van der Waals surface area contributed by atoms with Crippen LogP contribution in [0.1, 0.15) is 48.2 Å². The van der Waals surface area contributed by atoms with Crippen molar-refractivity contribution in [2.45, 2.75) is 37.9 Å². The van der Waals surface area contributed by atoms with Gasteiger partial charge < -0.3 is 24.3 Å². The number of aromatic nitrogens is 4. The number of carbonyl (C=O) groups is 1. The Morgan fingerprint density at radius 3 is 2.45 bits per heavy atom. The van der Waals surface area contributed by atoms with E-state index in [1.54, 1.807) is 30.6 Å². The first-order chi connectivity index (χ1) is 19.4. The van der Waals surface area contributed by atoms with Crippen LogP contribution in [-0.4, -0.2) is 55.2 Å². The molecule has 0 spiro atoms. The van der Waals surface area contributed by atoms with Gasteiger partial charge in [0.15, 0.2) is 0 Å². The molecule has 1 saturated heterocycles. The van der Waals surface area contributed by atoms with Crippen LogP contribution in [0, 0.1) is 17.8 Å². The largest absolute Gasteiger partial charge is 0.481 e. The van der Waals surface area contributed by atoms with Gasteiger partial charge in [-0.25, -0.2) is 15.0 Å². The molecule has 3 aliphatic rings. The predicted molar refractivity (Wildman–Crippen MR) is 140 cm³/mol. The Morgan fingerprint density at radius 2 is 1.75 bits per heavy atom. The first-order valence-electron chi connectivity index (χ1n) is 13.4. The third-order valence-corrected chi connectivity index (χ3v) is 8.67. The fraction of sp³-hybridized carbons (Fsp3) is 0.379. The highest BCUT2D eigenvalue weighted by atomic mass is 19.3. The summed E-state index contributed by atoms with van der Waals surface area (Å²) in [5.74, 6) is -0.464. The minimum Gasteiger partial charge on any atom is -0.481 e. The molecule has 4 aromatic rings. The van der Waals surface area contributed by atoms with Crippen molar-refractivity contribution in [3.63, 3.8) is 0 Å². The van der Waals surface area contributed by atoms with Crippen LogP contribution in [0.15, 0.2) is 55.0 Å². The number of benzene rings is 1. The van der Waals surface area contributed by atoms with E-state index >= 15 is 0 Å². The molecular formula is C29H27F2N5O4. The highest BCUT2D eigenvalue weighted by molar-refractivity contribution is 5.72. The molecule has 1 saturated carbocycles. The summed E-state index contributed by atoms with van der Waals surface area (Å²) in [5, 5.41) is 20.4. The highest BCUT2D eigenvalue weighted by Crippen LogP contribution is 2.47. The Kier molecular flexibility index (Phi) is 5.92. The van der Waals surface area contributed by atoms with Crippen LogP contribution in [0.3, 0.4) is 0 Å². The lowest BCUT2D eigenvalue weighted by atomic mass is 9.85. The van der Waals surface area contributed by atoms with Gasteiger partial charge in [0.1, 0.15) is 11.4 Å². The van der Waals surface area contributed by atoms with Gasteiger partial charge in [0.25, 0.3) is 0 Å². The smallest absolute Gasteiger partial charge is 0.387 e. The molecule has 2 bridgehead atoms. The Bertz CT molecular complexity index is 1580. The summed E-state index contributed by atoms with van der Waals surface area (Å²) >= 11 is 0. The standard InChI is InChI=1S/C29H27F2N5O4/c30-28(31)40-22-4-2-1-3-19(22)20-9-21(37)25-26(20)36-14-15(7-8-23(36)34-25)18-10-32-29(33-11-18)35-12-16-5-6-17(13-35)24(16)27(38)39/h1-4,7-8,10-11,14,16-17,20-21,24,28,37H,5-6,9,12-13H2,(H,38,39)/t16-,17+,20-,21?,24+/m1/s1. The molecule has 4 heterocycles. The minimum atomic E-state index is -2.96. The number of halogens is 2. The van der Waals surface area contributed by atoms with Gasteiger partial charge in [-0.1, -0.05) is 18.2 Å². The van der Waals surface area contributed by atoms with Crippen molar-refractivity contribution < 1.29 is 28.5 Å². The number of nitrogens with zero attached hydrogens (tertiary/aromatic N) is 5. The fourth-order valence-electron chi connectivity index (χ4n) is 6.96. The van der Waals surface area contributed by atoms with Crippen molar-refractivity contribution in [2.75, 3.05) is 18.0 Å². The molecule has 9 nitrogen and oxygen atoms in total. The highest BCUT2D eigenvalue weighted by Gasteiger charge is 2.46. The maximum Gasteiger partial charge on any atom is 0.387 e. The number of para-hydroxylation sites is 1. The lowest BCUT2D eigenvalue weighted by Gasteiger charge is -2.35. The number of aliphatic hydroxyl groups is 1. The van der Waals surface area contributed by atoms with Crippen LogP contribution >= 0.6 is 0 Å². The van der Waals surface area contributed by atoms with Crippen LogP contribution in [0.25, 0.3) is 16.8 Å². The number of hydrogen-bond donors (Lipinski definition) is 2. The van der Waals surface area contributed by atoms with Gasteiger partial charge in [-0.3, -0.25) is 4.79 Å². The van der Waals surface area contributed by atoms with Gasteiger partial charge in [-0.15, -0.1) is 0 Å². The molecule has 206 valence electrons. The van der Waals surface area contributed by atoms with Crippen molar-refractivity contribution in [2.24, 2.45) is 17.8 Å². The van der Waals surface area contributed by atoms with E-state index in [0.717, 1.165) is 29.7 Å². The van der Waals surface area contributed by atoms with E-state index in [9.17, 15) is 23.8 Å². The third kappa shape index (κ3) is 4.07. The molecule has 1 aromatic carbocycles. The van der Waals surface area contributed by atoms with Gasteiger partial charge >= 0.3 is 12.6 Å². The summed E-state index contributed by atoms with van der Waals surface area (Å²) in [6, 6.07) is 10.4. The number of ether oxygens (including phenoxy) is 1. The number of carboxylic acid groups (broad SMARTS) is 1. The lowest BCUT2D eigenvalue weighted by Crippen LogP contribution is -2.45. The Morgan fingerprint density at radius 1 is 1.02 bits per heavy atom. The molecule has 1 aliphatic heterocycles. The first-order valence-corrected chi connectivity index (χ1v) is 13.4. The van der Waals surface area contributed by atoms with Crippen molar-refractivity contribution in [3.8, 4) is 16.9 Å². The Balaban J connectivity index is 1.20. The molecule has 2 aliphatic carbocycles. The zero-order valence-electron chi connectivity index (χ0n) is 21.4. The van der Waals surface area contributed by atoms with E-state index in [1.807, 2.05) is 22.7 Å². The third-order valence-electron chi connectivity index (χ3n) is 8.67. The average molecular weight is 548 g/mol. The molecule has 1 unspecified atom stereocenters. The average Bonchev–Trinajstić information content (AvgIpc) is 3.57. The number of pyridine rings is 1. The van der Waals surface area contributed by atoms with E-state index in [-0.39, 0.29) is 29.4 Å². The number of carboxylic acids is 1. The molecule has 7 rings (SSSR count). The summed E-state index contributed by atoms with van der Waals surface area (Å²) in [5.41, 5.74) is 4.10. The van der Waals surface area contributed by atoms with E-state index < -0.39 is 18.7 Å². The summed E-state index contributed by atoms with van der Waals surface area (Å²) < 4.78 is 32.9. The number of piperidine rings is 1. The van der Waals surface area contributed by atoms with Crippen LogP contribution in [0.2, 0.25) is 0 Å². The lowest BCUT2D eigenvalue weighted by molar-refractivity contribution is -0.144. The number of hydrogen-bond acceptors (Lipinski definition) is 7. The van der Waals surface area contributed by atoms with Gasteiger partial charge in [0, 0.05) is 54.3 Å². The van der Waals surface area contributed by atoms with E-state index in [4.69, 9.17) is 4.74 Å². The van der Waals surface area contributed by atoms with Crippen molar-refractivity contribution in [1.29, 1.82) is 0 Å². The topological polar surface area (TPSA) is 113 Å². The summed E-state index contributed by atoms with van der Waals surface area (Å²) in [6.07, 6.45) is 6.73. The molecule has 40 heavy (non-hydrogen) atoms. The normalized spacial score (nSPS) is 25.5. The second kappa shape index (κ2) is 9.51. The summed E-state index contributed by atoms with van der Waals surface area (Å²) in [6.45, 7) is -1.68. The van der Waals surface area contributed by atoms with Crippen molar-refractivity contribution >= 4 is 17.6 Å². The number of aliphatic hydroxyl groups excluding tert-OH is 1. The monoisotopic (exact) mass is 547 g/mol. The molecule has 2 N–H and O–H groups in total. The molecule has 0 amide bonds. The van der Waals surface area contributed by atoms with E-state index in [1.165, 1.54) is 6.07 Å². The zero-order valence-corrected chi connectivity index (χ0v) is 21.4. The number of rotatable bonds is 6. The van der Waals surface area contributed by atoms with Crippen molar-refractivity contribution in [3.05, 3.63) is 71.9 Å². The quantitative estimate of drug-likeness (QED) is 0.363. The van der Waals surface area contributed by atoms with Gasteiger partial charge in [0.05, 0.1) is 23.4 Å². The first kappa shape index (κ1) is 24.9. The summed E-state index contributed by atoms with van der Waals surface area (Å²) in [7, 11) is 0. The van der Waals surface area contributed by atoms with Crippen LogP contribution in [-0.2, 0) is 4.79 Å². The van der Waals surface area contributed by atoms with Crippen LogP contribution in [0.4, 0.5) is 14.7 Å². The van der Waals surface area contributed by atoms with Gasteiger partial charge in [0.2, 0.25) is 5.95 Å². The number of aliphatic carboxylic acids is 1. The number of fused-ring (bicyclic) bond motifs is 5. The van der Waals surface area contributed by atoms with Crippen LogP contribution in [0.5, 0.6) is 5.75 Å². The van der Waals surface area contributed by atoms with Gasteiger partial charge in [-0.05, 0) is 49.3 Å². The molecular weight excluding hydrogens is 520 g/mol. The minimum absolute atomic E-state index is 0.0819. The Labute approximate surface area is 228 Å². The number of alkyl halides is 2. The van der Waals surface area contributed by atoms with E-state index in [2.05, 4.69) is 19.9 Å². The second-order valence-electron chi connectivity index (χ2n) is 10.9. The van der Waals surface area contributed by atoms with Crippen LogP contribution < -0.4 is 9.64 Å². The van der Waals surface area contributed by atoms with Crippen molar-refractivity contribution in [1.82, 2.24) is 19.4 Å². The maximum absolute atomic E-state index is 13.1. The number of anilines is 1. The summed E-state index contributed by atoms with van der Waals surface area (Å²) in [4.78, 5) is 27.6. The molecule has 11 heteroatoms. The fourth-order valence-corrected chi connectivity index (χ4v) is 6.96. The predicted octanol–water partition coefficient (Wildman–Crippen LogP) is 4.51. The van der Waals surface area contributed by atoms with E-state index in [0.29, 0.717) is 42.4 Å².